The fourth-order valence-corrected chi connectivity index (χ4v) is 3.17. The third-order valence-corrected chi connectivity index (χ3v) is 4.17. The largest absolute Gasteiger partial charge is 0.466 e. The summed E-state index contributed by atoms with van der Waals surface area (Å²) >= 11 is 1.76. The molecule has 0 saturated heterocycles. The van der Waals surface area contributed by atoms with Crippen LogP contribution in [0, 0.1) is 20.8 Å². The molecule has 0 bridgehead atoms. The fourth-order valence-electron chi connectivity index (χ4n) is 2.49. The van der Waals surface area contributed by atoms with Crippen molar-refractivity contribution in [2.75, 3.05) is 6.54 Å². The highest BCUT2D eigenvalue weighted by Gasteiger charge is 2.20. The molecule has 0 fully saturated rings. The molecule has 0 radical (unpaired) electrons. The second kappa shape index (κ2) is 5.72. The van der Waals surface area contributed by atoms with Gasteiger partial charge in [-0.25, -0.2) is 0 Å². The number of aryl methyl sites for hydroxylation is 2. The Hall–Kier alpha value is -1.06. The highest BCUT2D eigenvalue weighted by molar-refractivity contribution is 7.07. The van der Waals surface area contributed by atoms with Crippen molar-refractivity contribution < 1.29 is 4.42 Å². The van der Waals surface area contributed by atoms with E-state index in [4.69, 9.17) is 4.42 Å². The van der Waals surface area contributed by atoms with Gasteiger partial charge in [-0.15, -0.1) is 0 Å². The molecule has 0 aromatic carbocycles. The lowest BCUT2D eigenvalue weighted by Crippen LogP contribution is -2.23. The summed E-state index contributed by atoms with van der Waals surface area (Å²) in [4.78, 5) is 0. The third kappa shape index (κ3) is 2.68. The number of nitrogens with one attached hydrogen (secondary N) is 1. The lowest BCUT2D eigenvalue weighted by Gasteiger charge is -2.18. The minimum Gasteiger partial charge on any atom is -0.466 e. The summed E-state index contributed by atoms with van der Waals surface area (Å²) in [6.07, 6.45) is 1.03. The Bertz CT molecular complexity index is 499. The van der Waals surface area contributed by atoms with E-state index in [9.17, 15) is 0 Å². The van der Waals surface area contributed by atoms with Gasteiger partial charge in [-0.3, -0.25) is 0 Å². The Morgan fingerprint density at radius 1 is 1.28 bits per heavy atom. The quantitative estimate of drug-likeness (QED) is 0.876. The maximum absolute atomic E-state index is 5.75. The fraction of sp³-hybridized carbons (Fsp3) is 0.467. The van der Waals surface area contributed by atoms with Crippen LogP contribution in [0.2, 0.25) is 0 Å². The van der Waals surface area contributed by atoms with E-state index in [-0.39, 0.29) is 0 Å². The Morgan fingerprint density at radius 2 is 2.06 bits per heavy atom. The van der Waals surface area contributed by atoms with Gasteiger partial charge in [0.15, 0.2) is 0 Å². The van der Waals surface area contributed by atoms with Crippen LogP contribution in [0.15, 0.2) is 21.2 Å². The SMILES string of the molecule is CCNC(Cc1ccsc1)c1c(C)oc(C)c1C. The summed E-state index contributed by atoms with van der Waals surface area (Å²) < 4.78 is 5.75. The van der Waals surface area contributed by atoms with Gasteiger partial charge in [0, 0.05) is 11.6 Å². The van der Waals surface area contributed by atoms with E-state index in [0.717, 1.165) is 24.5 Å². The number of rotatable bonds is 5. The van der Waals surface area contributed by atoms with Gasteiger partial charge >= 0.3 is 0 Å². The number of furan rings is 1. The lowest BCUT2D eigenvalue weighted by molar-refractivity contribution is 0.484. The van der Waals surface area contributed by atoms with Gasteiger partial charge in [0.1, 0.15) is 11.5 Å². The van der Waals surface area contributed by atoms with Gasteiger partial charge in [0.05, 0.1) is 0 Å². The molecule has 1 unspecified atom stereocenters. The monoisotopic (exact) mass is 263 g/mol. The van der Waals surface area contributed by atoms with Crippen LogP contribution in [0.4, 0.5) is 0 Å². The molecule has 2 nitrogen and oxygen atoms in total. The first-order valence-corrected chi connectivity index (χ1v) is 7.38. The van der Waals surface area contributed by atoms with Crippen molar-refractivity contribution in [2.45, 2.75) is 40.2 Å². The molecule has 3 heteroatoms. The van der Waals surface area contributed by atoms with Gasteiger partial charge in [-0.1, -0.05) is 6.92 Å². The maximum atomic E-state index is 5.75. The van der Waals surface area contributed by atoms with Gasteiger partial charge in [-0.05, 0) is 61.7 Å². The van der Waals surface area contributed by atoms with E-state index in [1.807, 2.05) is 6.92 Å². The van der Waals surface area contributed by atoms with Crippen molar-refractivity contribution in [1.29, 1.82) is 0 Å². The van der Waals surface area contributed by atoms with Crippen molar-refractivity contribution in [1.82, 2.24) is 5.32 Å². The van der Waals surface area contributed by atoms with Gasteiger partial charge in [0.25, 0.3) is 0 Å². The van der Waals surface area contributed by atoms with Gasteiger partial charge < -0.3 is 9.73 Å². The van der Waals surface area contributed by atoms with Crippen LogP contribution in [0.5, 0.6) is 0 Å². The van der Waals surface area contributed by atoms with Crippen LogP contribution < -0.4 is 5.32 Å². The Kier molecular flexibility index (Phi) is 4.25. The number of likely N-dealkylation sites (N-methyl/N-ethyl adjacent to an activating group) is 1. The minimum atomic E-state index is 0.349. The minimum absolute atomic E-state index is 0.349. The average Bonchev–Trinajstić information content (AvgIpc) is 2.89. The standard InChI is InChI=1S/C15H21NOS/c1-5-16-14(8-13-6-7-18-9-13)15-10(2)11(3)17-12(15)4/h6-7,9,14,16H,5,8H2,1-4H3. The molecule has 0 aliphatic rings. The third-order valence-electron chi connectivity index (χ3n) is 3.44. The normalized spacial score (nSPS) is 12.9. The molecule has 2 rings (SSSR count). The van der Waals surface area contributed by atoms with Crippen LogP contribution in [0.1, 0.15) is 41.2 Å². The zero-order chi connectivity index (χ0) is 13.1. The van der Waals surface area contributed by atoms with Crippen LogP contribution in [-0.4, -0.2) is 6.54 Å². The van der Waals surface area contributed by atoms with E-state index in [1.54, 1.807) is 11.3 Å². The summed E-state index contributed by atoms with van der Waals surface area (Å²) in [6.45, 7) is 9.38. The second-order valence-electron chi connectivity index (χ2n) is 4.70. The first kappa shape index (κ1) is 13.4. The number of thiophene rings is 1. The Balaban J connectivity index is 2.29. The molecule has 1 atom stereocenters. The molecule has 0 aliphatic heterocycles. The summed E-state index contributed by atoms with van der Waals surface area (Å²) in [5.74, 6) is 2.09. The van der Waals surface area contributed by atoms with E-state index < -0.39 is 0 Å². The Morgan fingerprint density at radius 3 is 2.56 bits per heavy atom. The molecule has 0 aliphatic carbocycles. The van der Waals surface area contributed by atoms with E-state index in [0.29, 0.717) is 6.04 Å². The number of hydrogen-bond acceptors (Lipinski definition) is 3. The molecule has 2 aromatic rings. The number of hydrogen-bond donors (Lipinski definition) is 1. The van der Waals surface area contributed by atoms with E-state index in [2.05, 4.69) is 42.9 Å². The zero-order valence-electron chi connectivity index (χ0n) is 11.5. The van der Waals surface area contributed by atoms with Gasteiger partial charge in [-0.2, -0.15) is 11.3 Å². The van der Waals surface area contributed by atoms with Crippen molar-refractivity contribution in [3.8, 4) is 0 Å². The first-order chi connectivity index (χ1) is 8.63. The molecule has 2 heterocycles. The van der Waals surface area contributed by atoms with Crippen molar-refractivity contribution in [2.24, 2.45) is 0 Å². The second-order valence-corrected chi connectivity index (χ2v) is 5.48. The van der Waals surface area contributed by atoms with Crippen LogP contribution in [0.25, 0.3) is 0 Å². The average molecular weight is 263 g/mol. The Labute approximate surface area is 113 Å². The molecule has 98 valence electrons. The summed E-state index contributed by atoms with van der Waals surface area (Å²) in [5, 5.41) is 7.94. The van der Waals surface area contributed by atoms with Crippen LogP contribution in [0.3, 0.4) is 0 Å². The molecule has 18 heavy (non-hydrogen) atoms. The lowest BCUT2D eigenvalue weighted by atomic mass is 9.97. The topological polar surface area (TPSA) is 25.2 Å². The molecule has 2 aromatic heterocycles. The molecular weight excluding hydrogens is 242 g/mol. The summed E-state index contributed by atoms with van der Waals surface area (Å²) in [7, 11) is 0. The van der Waals surface area contributed by atoms with Gasteiger partial charge in [0.2, 0.25) is 0 Å². The van der Waals surface area contributed by atoms with Crippen molar-refractivity contribution >= 4 is 11.3 Å². The molecule has 0 amide bonds. The molecular formula is C15H21NOS. The van der Waals surface area contributed by atoms with Crippen molar-refractivity contribution in [3.05, 3.63) is 45.0 Å². The van der Waals surface area contributed by atoms with Crippen LogP contribution >= 0.6 is 11.3 Å². The molecule has 0 spiro atoms. The molecule has 1 N–H and O–H groups in total. The maximum Gasteiger partial charge on any atom is 0.106 e. The predicted octanol–water partition coefficient (Wildman–Crippen LogP) is 4.16. The van der Waals surface area contributed by atoms with Crippen LogP contribution in [-0.2, 0) is 6.42 Å². The zero-order valence-corrected chi connectivity index (χ0v) is 12.4. The highest BCUT2D eigenvalue weighted by Crippen LogP contribution is 2.29. The first-order valence-electron chi connectivity index (χ1n) is 6.44. The summed E-state index contributed by atoms with van der Waals surface area (Å²) in [6, 6.07) is 2.55. The van der Waals surface area contributed by atoms with E-state index >= 15 is 0 Å². The predicted molar refractivity (Wildman–Crippen MR) is 77.4 cm³/mol. The smallest absolute Gasteiger partial charge is 0.106 e. The summed E-state index contributed by atoms with van der Waals surface area (Å²) in [5.41, 5.74) is 4.01. The highest BCUT2D eigenvalue weighted by atomic mass is 32.1. The van der Waals surface area contributed by atoms with E-state index in [1.165, 1.54) is 16.7 Å². The van der Waals surface area contributed by atoms with Crippen molar-refractivity contribution in [3.63, 3.8) is 0 Å². The molecule has 0 saturated carbocycles.